The summed E-state index contributed by atoms with van der Waals surface area (Å²) in [4.78, 5) is 19.3. The van der Waals surface area contributed by atoms with Crippen LogP contribution < -0.4 is 9.47 Å². The van der Waals surface area contributed by atoms with Crippen molar-refractivity contribution < 1.29 is 14.3 Å². The molecule has 1 amide bonds. The Morgan fingerprint density at radius 2 is 1.78 bits per heavy atom. The van der Waals surface area contributed by atoms with Gasteiger partial charge in [-0.3, -0.25) is 4.79 Å². The van der Waals surface area contributed by atoms with E-state index >= 15 is 0 Å². The lowest BCUT2D eigenvalue weighted by Crippen LogP contribution is -2.37. The maximum absolute atomic E-state index is 13.7. The number of aromatic nitrogens is 1. The second-order valence-electron chi connectivity index (χ2n) is 8.23. The van der Waals surface area contributed by atoms with Gasteiger partial charge in [0.05, 0.1) is 25.8 Å². The van der Waals surface area contributed by atoms with Gasteiger partial charge in [-0.05, 0) is 41.0 Å². The molecule has 32 heavy (non-hydrogen) atoms. The number of fused-ring (bicyclic) bond motifs is 7. The number of benzene rings is 3. The van der Waals surface area contributed by atoms with E-state index in [1.807, 2.05) is 35.2 Å². The van der Waals surface area contributed by atoms with Crippen molar-refractivity contribution in [3.8, 4) is 11.5 Å². The summed E-state index contributed by atoms with van der Waals surface area (Å²) in [5.74, 6) is 1.04. The van der Waals surface area contributed by atoms with Gasteiger partial charge in [0, 0.05) is 34.1 Å². The summed E-state index contributed by atoms with van der Waals surface area (Å²) in [6.07, 6.45) is 0. The van der Waals surface area contributed by atoms with Crippen molar-refractivity contribution in [2.45, 2.75) is 12.0 Å². The van der Waals surface area contributed by atoms with Crippen LogP contribution in [0.2, 0.25) is 5.02 Å². The predicted molar refractivity (Wildman–Crippen MR) is 124 cm³/mol. The lowest BCUT2D eigenvalue weighted by atomic mass is 9.83. The number of nitrogens with zero attached hydrogens (tertiary/aromatic N) is 1. The Bertz CT molecular complexity index is 1380. The molecule has 0 saturated heterocycles. The second-order valence-corrected chi connectivity index (χ2v) is 8.66. The number of hydrogen-bond donors (Lipinski definition) is 1. The minimum absolute atomic E-state index is 0.0285. The Hall–Kier alpha value is -3.44. The summed E-state index contributed by atoms with van der Waals surface area (Å²) < 4.78 is 11.1. The molecule has 0 radical (unpaired) electrons. The fourth-order valence-electron chi connectivity index (χ4n) is 5.35. The van der Waals surface area contributed by atoms with E-state index in [1.165, 1.54) is 10.9 Å². The lowest BCUT2D eigenvalue weighted by Gasteiger charge is -2.36. The largest absolute Gasteiger partial charge is 0.493 e. The minimum atomic E-state index is -0.191. The molecular formula is C26H21ClN2O3. The third-order valence-corrected chi connectivity index (χ3v) is 6.96. The first-order valence-corrected chi connectivity index (χ1v) is 10.9. The number of hydrogen-bond acceptors (Lipinski definition) is 3. The van der Waals surface area contributed by atoms with Crippen LogP contribution in [0.4, 0.5) is 0 Å². The Kier molecular flexibility index (Phi) is 4.24. The van der Waals surface area contributed by atoms with Crippen LogP contribution in [0, 0.1) is 0 Å². The van der Waals surface area contributed by atoms with Crippen LogP contribution in [-0.2, 0) is 0 Å². The molecule has 0 fully saturated rings. The van der Waals surface area contributed by atoms with E-state index in [2.05, 4.69) is 35.3 Å². The van der Waals surface area contributed by atoms with Crippen LogP contribution in [0.5, 0.6) is 11.5 Å². The zero-order valence-electron chi connectivity index (χ0n) is 17.7. The number of aromatic amines is 1. The Morgan fingerprint density at radius 1 is 1.00 bits per heavy atom. The van der Waals surface area contributed by atoms with Crippen LogP contribution in [-0.4, -0.2) is 36.6 Å². The van der Waals surface area contributed by atoms with Gasteiger partial charge in [0.25, 0.3) is 5.91 Å². The first-order valence-electron chi connectivity index (χ1n) is 10.5. The van der Waals surface area contributed by atoms with Crippen molar-refractivity contribution in [3.05, 3.63) is 93.6 Å². The van der Waals surface area contributed by atoms with E-state index in [0.717, 1.165) is 22.3 Å². The molecule has 5 nitrogen and oxygen atoms in total. The zero-order chi connectivity index (χ0) is 22.0. The number of amides is 1. The third kappa shape index (κ3) is 2.55. The predicted octanol–water partition coefficient (Wildman–Crippen LogP) is 5.53. The molecule has 3 aromatic carbocycles. The molecule has 0 spiro atoms. The number of halogens is 1. The Labute approximate surface area is 190 Å². The summed E-state index contributed by atoms with van der Waals surface area (Å²) >= 11 is 6.16. The van der Waals surface area contributed by atoms with Gasteiger partial charge in [-0.25, -0.2) is 0 Å². The number of nitrogens with one attached hydrogen (secondary N) is 1. The smallest absolute Gasteiger partial charge is 0.259 e. The van der Waals surface area contributed by atoms with E-state index in [0.29, 0.717) is 28.6 Å². The maximum Gasteiger partial charge on any atom is 0.259 e. The summed E-state index contributed by atoms with van der Waals surface area (Å²) in [6.45, 7) is 0.570. The van der Waals surface area contributed by atoms with Crippen molar-refractivity contribution in [2.24, 2.45) is 0 Å². The fourth-order valence-corrected chi connectivity index (χ4v) is 5.48. The van der Waals surface area contributed by atoms with Crippen LogP contribution in [0.3, 0.4) is 0 Å². The summed E-state index contributed by atoms with van der Waals surface area (Å²) in [6, 6.07) is 19.9. The van der Waals surface area contributed by atoms with Crippen LogP contribution in [0.15, 0.2) is 60.7 Å². The third-order valence-electron chi connectivity index (χ3n) is 6.71. The number of rotatable bonds is 3. The van der Waals surface area contributed by atoms with Gasteiger partial charge in [-0.2, -0.15) is 0 Å². The lowest BCUT2D eigenvalue weighted by molar-refractivity contribution is 0.0725. The molecule has 6 rings (SSSR count). The molecule has 4 aromatic rings. The Balaban J connectivity index is 1.61. The molecule has 2 atom stereocenters. The van der Waals surface area contributed by atoms with E-state index in [-0.39, 0.29) is 17.9 Å². The molecular weight excluding hydrogens is 424 g/mol. The topological polar surface area (TPSA) is 54.6 Å². The maximum atomic E-state index is 13.7. The minimum Gasteiger partial charge on any atom is -0.493 e. The van der Waals surface area contributed by atoms with E-state index in [9.17, 15) is 4.79 Å². The van der Waals surface area contributed by atoms with Gasteiger partial charge in [0.1, 0.15) is 0 Å². The molecule has 6 heteroatoms. The quantitative estimate of drug-likeness (QED) is 0.452. The highest BCUT2D eigenvalue weighted by atomic mass is 35.5. The summed E-state index contributed by atoms with van der Waals surface area (Å²) in [7, 11) is 3.16. The first kappa shape index (κ1) is 19.3. The van der Waals surface area contributed by atoms with Crippen LogP contribution >= 0.6 is 11.6 Å². The van der Waals surface area contributed by atoms with Crippen LogP contribution in [0.25, 0.3) is 10.9 Å². The molecule has 3 heterocycles. The highest BCUT2D eigenvalue weighted by Gasteiger charge is 2.47. The summed E-state index contributed by atoms with van der Waals surface area (Å²) in [5.41, 5.74) is 6.01. The molecule has 2 aliphatic rings. The molecule has 0 aliphatic carbocycles. The molecule has 0 unspecified atom stereocenters. The summed E-state index contributed by atoms with van der Waals surface area (Å²) in [5, 5.41) is 1.88. The van der Waals surface area contributed by atoms with Gasteiger partial charge in [0.15, 0.2) is 11.5 Å². The van der Waals surface area contributed by atoms with Gasteiger partial charge >= 0.3 is 0 Å². The van der Waals surface area contributed by atoms with Crippen molar-refractivity contribution >= 4 is 28.4 Å². The Morgan fingerprint density at radius 3 is 2.53 bits per heavy atom. The van der Waals surface area contributed by atoms with Crippen molar-refractivity contribution in [2.75, 3.05) is 20.8 Å². The van der Waals surface area contributed by atoms with Crippen molar-refractivity contribution in [1.29, 1.82) is 0 Å². The molecule has 0 bridgehead atoms. The van der Waals surface area contributed by atoms with Gasteiger partial charge in [-0.15, -0.1) is 0 Å². The highest BCUT2D eigenvalue weighted by molar-refractivity contribution is 6.30. The molecule has 160 valence electrons. The standard InChI is InChI=1S/C26H21ClN2O3/c1-31-20-12-11-17-22(25(20)32-2)26(30)29-13-18(14-7-9-15(27)10-8-14)21-16-5-3-4-6-19(16)28-23(21)24(17)29/h3-12,18,24,28H,13H2,1-2H3/t18-,24+/m1/s1. The highest BCUT2D eigenvalue weighted by Crippen LogP contribution is 2.52. The van der Waals surface area contributed by atoms with Gasteiger partial charge < -0.3 is 19.4 Å². The SMILES string of the molecule is COc1ccc2c(c1OC)C(=O)N1C[C@H](c3ccc(Cl)cc3)c3c([nH]c4ccccc34)[C@H]21. The van der Waals surface area contributed by atoms with E-state index < -0.39 is 0 Å². The molecule has 1 aromatic heterocycles. The number of carbonyl (C=O) groups excluding carboxylic acids is 1. The first-order chi connectivity index (χ1) is 15.6. The van der Waals surface area contributed by atoms with Gasteiger partial charge in [0.2, 0.25) is 0 Å². The van der Waals surface area contributed by atoms with E-state index in [1.54, 1.807) is 14.2 Å². The number of para-hydroxylation sites is 1. The normalized spacial score (nSPS) is 19.0. The zero-order valence-corrected chi connectivity index (χ0v) is 18.4. The molecule has 2 aliphatic heterocycles. The van der Waals surface area contributed by atoms with Crippen molar-refractivity contribution in [3.63, 3.8) is 0 Å². The van der Waals surface area contributed by atoms with Crippen molar-refractivity contribution in [1.82, 2.24) is 9.88 Å². The van der Waals surface area contributed by atoms with Crippen LogP contribution in [0.1, 0.15) is 44.7 Å². The van der Waals surface area contributed by atoms with Gasteiger partial charge in [-0.1, -0.05) is 48.0 Å². The average Bonchev–Trinajstić information content (AvgIpc) is 3.34. The fraction of sp³-hybridized carbons (Fsp3) is 0.192. The number of carbonyl (C=O) groups is 1. The number of methoxy groups -OCH3 is 2. The second kappa shape index (κ2) is 7.04. The molecule has 1 N–H and O–H groups in total. The van der Waals surface area contributed by atoms with E-state index in [4.69, 9.17) is 21.1 Å². The number of H-pyrrole nitrogens is 1. The average molecular weight is 445 g/mol. The monoisotopic (exact) mass is 444 g/mol. The molecule has 0 saturated carbocycles. The number of ether oxygens (including phenoxy) is 2.